The number of hydrogen-bond donors (Lipinski definition) is 2. The van der Waals surface area contributed by atoms with E-state index >= 15 is 0 Å². The van der Waals surface area contributed by atoms with Crippen LogP contribution in [0, 0.1) is 25.5 Å². The van der Waals surface area contributed by atoms with Crippen LogP contribution in [0.1, 0.15) is 24.5 Å². The van der Waals surface area contributed by atoms with Crippen molar-refractivity contribution in [1.82, 2.24) is 4.57 Å². The third-order valence-corrected chi connectivity index (χ3v) is 8.55. The Bertz CT molecular complexity index is 2050. The van der Waals surface area contributed by atoms with E-state index in [1.165, 1.54) is 29.0 Å². The van der Waals surface area contributed by atoms with Crippen molar-refractivity contribution in [1.29, 1.82) is 0 Å². The van der Waals surface area contributed by atoms with Crippen molar-refractivity contribution in [2.75, 3.05) is 23.7 Å². The van der Waals surface area contributed by atoms with Crippen LogP contribution in [0.5, 0.6) is 17.2 Å². The Balaban J connectivity index is 1.70. The molecule has 5 rings (SSSR count). The fraction of sp³-hybridized carbons (Fsp3) is 0.242. The van der Waals surface area contributed by atoms with Crippen molar-refractivity contribution in [3.05, 3.63) is 93.9 Å². The summed E-state index contributed by atoms with van der Waals surface area (Å²) in [6.07, 6.45) is 1.92. The SMILES string of the molecule is CCCS(=O)(=O)Nc1ccc(Oc2ccc(F)cc2F)c(-c2cn(C)c(=O)c3cc(-c4cc(C)c(OCCO)c(C)c4)oc23)c1. The van der Waals surface area contributed by atoms with Crippen molar-refractivity contribution in [3.8, 4) is 39.7 Å². The van der Waals surface area contributed by atoms with Gasteiger partial charge in [-0.1, -0.05) is 6.92 Å². The van der Waals surface area contributed by atoms with Gasteiger partial charge in [-0.3, -0.25) is 9.52 Å². The molecule has 0 saturated heterocycles. The summed E-state index contributed by atoms with van der Waals surface area (Å²) in [7, 11) is -2.11. The normalized spacial score (nSPS) is 11.6. The molecule has 9 nitrogen and oxygen atoms in total. The molecule has 0 fully saturated rings. The average Bonchev–Trinajstić information content (AvgIpc) is 3.42. The van der Waals surface area contributed by atoms with E-state index in [0.717, 1.165) is 23.3 Å². The number of aromatic nitrogens is 1. The molecule has 3 aromatic carbocycles. The van der Waals surface area contributed by atoms with Crippen LogP contribution in [0.2, 0.25) is 0 Å². The van der Waals surface area contributed by atoms with Crippen LogP contribution in [0.15, 0.2) is 70.0 Å². The average molecular weight is 639 g/mol. The van der Waals surface area contributed by atoms with Crippen LogP contribution in [0.4, 0.5) is 14.5 Å². The van der Waals surface area contributed by atoms with Gasteiger partial charge in [-0.15, -0.1) is 0 Å². The minimum absolute atomic E-state index is 0.102. The van der Waals surface area contributed by atoms with Crippen molar-refractivity contribution in [2.24, 2.45) is 7.05 Å². The highest BCUT2D eigenvalue weighted by molar-refractivity contribution is 7.92. The van der Waals surface area contributed by atoms with Crippen LogP contribution >= 0.6 is 0 Å². The van der Waals surface area contributed by atoms with Crippen LogP contribution in [-0.4, -0.2) is 37.1 Å². The predicted octanol–water partition coefficient (Wildman–Crippen LogP) is 6.68. The molecular weight excluding hydrogens is 606 g/mol. The number of sulfonamides is 1. The van der Waals surface area contributed by atoms with Gasteiger partial charge in [0.15, 0.2) is 11.6 Å². The number of rotatable bonds is 11. The molecular formula is C33H32F2N2O7S. The van der Waals surface area contributed by atoms with E-state index in [4.69, 9.17) is 19.0 Å². The van der Waals surface area contributed by atoms with Gasteiger partial charge in [0, 0.05) is 41.7 Å². The second-order valence-electron chi connectivity index (χ2n) is 10.6. The number of hydrogen-bond acceptors (Lipinski definition) is 7. The van der Waals surface area contributed by atoms with Gasteiger partial charge >= 0.3 is 0 Å². The number of pyridine rings is 1. The molecule has 12 heteroatoms. The molecule has 0 aliphatic rings. The van der Waals surface area contributed by atoms with E-state index in [9.17, 15) is 22.0 Å². The Morgan fingerprint density at radius 2 is 1.69 bits per heavy atom. The Morgan fingerprint density at radius 3 is 2.36 bits per heavy atom. The second-order valence-corrected chi connectivity index (χ2v) is 12.5. The number of nitrogens with zero attached hydrogens (tertiary/aromatic N) is 1. The Hall–Kier alpha value is -4.68. The van der Waals surface area contributed by atoms with E-state index in [0.29, 0.717) is 35.1 Å². The minimum Gasteiger partial charge on any atom is -0.491 e. The number of nitrogens with one attached hydrogen (secondary N) is 1. The molecule has 5 aromatic rings. The van der Waals surface area contributed by atoms with E-state index in [1.54, 1.807) is 20.0 Å². The molecule has 0 aliphatic heterocycles. The van der Waals surface area contributed by atoms with Crippen molar-refractivity contribution >= 4 is 26.7 Å². The maximum absolute atomic E-state index is 14.6. The zero-order valence-electron chi connectivity index (χ0n) is 25.1. The molecule has 0 amide bonds. The number of benzene rings is 3. The van der Waals surface area contributed by atoms with E-state index in [2.05, 4.69) is 4.72 Å². The van der Waals surface area contributed by atoms with Gasteiger partial charge in [0.2, 0.25) is 10.0 Å². The first-order chi connectivity index (χ1) is 21.4. The van der Waals surface area contributed by atoms with Gasteiger partial charge in [-0.05, 0) is 79.9 Å². The predicted molar refractivity (Wildman–Crippen MR) is 169 cm³/mol. The number of anilines is 1. The highest BCUT2D eigenvalue weighted by atomic mass is 32.2. The standard InChI is InChI=1S/C33H32F2N2O7S/c1-5-12-45(40,41)36-23-7-9-28(43-29-8-6-22(34)15-27(29)35)24(16-23)26-18-37(4)33(39)25-17-30(44-32(25)26)21-13-19(2)31(20(3)14-21)42-11-10-38/h6-9,13-18,36,38H,5,10-12H2,1-4H3. The molecule has 0 unspecified atom stereocenters. The summed E-state index contributed by atoms with van der Waals surface area (Å²) in [6, 6.07) is 12.6. The Kier molecular flexibility index (Phi) is 8.98. The van der Waals surface area contributed by atoms with Crippen LogP contribution in [0.3, 0.4) is 0 Å². The van der Waals surface area contributed by atoms with Crippen molar-refractivity contribution < 1.29 is 36.2 Å². The van der Waals surface area contributed by atoms with Crippen molar-refractivity contribution in [2.45, 2.75) is 27.2 Å². The van der Waals surface area contributed by atoms with Gasteiger partial charge in [-0.25, -0.2) is 17.2 Å². The first kappa shape index (κ1) is 31.7. The topological polar surface area (TPSA) is 120 Å². The van der Waals surface area contributed by atoms with E-state index < -0.39 is 21.7 Å². The lowest BCUT2D eigenvalue weighted by Gasteiger charge is -2.16. The molecule has 0 atom stereocenters. The molecule has 2 heterocycles. The fourth-order valence-electron chi connectivity index (χ4n) is 5.12. The first-order valence-corrected chi connectivity index (χ1v) is 15.8. The Morgan fingerprint density at radius 1 is 0.978 bits per heavy atom. The van der Waals surface area contributed by atoms with Crippen molar-refractivity contribution in [3.63, 3.8) is 0 Å². The smallest absolute Gasteiger partial charge is 0.261 e. The third-order valence-electron chi connectivity index (χ3n) is 7.06. The quantitative estimate of drug-likeness (QED) is 0.166. The van der Waals surface area contributed by atoms with Gasteiger partial charge in [0.25, 0.3) is 5.56 Å². The molecule has 0 saturated carbocycles. The molecule has 2 N–H and O–H groups in total. The largest absolute Gasteiger partial charge is 0.491 e. The summed E-state index contributed by atoms with van der Waals surface area (Å²) in [6.45, 7) is 5.48. The zero-order chi connectivity index (χ0) is 32.5. The summed E-state index contributed by atoms with van der Waals surface area (Å²) < 4.78 is 75.2. The number of fused-ring (bicyclic) bond motifs is 1. The minimum atomic E-state index is -3.67. The monoisotopic (exact) mass is 638 g/mol. The third kappa shape index (κ3) is 6.71. The van der Waals surface area contributed by atoms with Gasteiger partial charge in [-0.2, -0.15) is 0 Å². The highest BCUT2D eigenvalue weighted by Crippen LogP contribution is 2.41. The summed E-state index contributed by atoms with van der Waals surface area (Å²) in [5.41, 5.74) is 3.00. The molecule has 236 valence electrons. The van der Waals surface area contributed by atoms with E-state index in [1.807, 2.05) is 26.0 Å². The molecule has 2 aromatic heterocycles. The fourth-order valence-corrected chi connectivity index (χ4v) is 6.25. The van der Waals surface area contributed by atoms with Crippen LogP contribution in [0.25, 0.3) is 33.4 Å². The lowest BCUT2D eigenvalue weighted by Crippen LogP contribution is -2.16. The van der Waals surface area contributed by atoms with Gasteiger partial charge < -0.3 is 23.6 Å². The van der Waals surface area contributed by atoms with Gasteiger partial charge in [0.1, 0.15) is 35.3 Å². The molecule has 0 aliphatic carbocycles. The summed E-state index contributed by atoms with van der Waals surface area (Å²) in [5, 5.41) is 9.41. The lowest BCUT2D eigenvalue weighted by atomic mass is 10.0. The van der Waals surface area contributed by atoms with Gasteiger partial charge in [0.05, 0.1) is 17.7 Å². The van der Waals surface area contributed by atoms with E-state index in [-0.39, 0.29) is 58.2 Å². The number of furan rings is 1. The zero-order valence-corrected chi connectivity index (χ0v) is 25.9. The number of aryl methyl sites for hydroxylation is 3. The summed E-state index contributed by atoms with van der Waals surface area (Å²) >= 11 is 0. The lowest BCUT2D eigenvalue weighted by molar-refractivity contribution is 0.200. The number of aliphatic hydroxyl groups is 1. The maximum atomic E-state index is 14.6. The number of ether oxygens (including phenoxy) is 2. The van der Waals surface area contributed by atoms with Crippen LogP contribution < -0.4 is 19.8 Å². The Labute approximate surface area is 258 Å². The number of aliphatic hydroxyl groups excluding tert-OH is 1. The summed E-state index contributed by atoms with van der Waals surface area (Å²) in [5.74, 6) is -0.935. The molecule has 0 radical (unpaired) electrons. The molecule has 45 heavy (non-hydrogen) atoms. The number of halogens is 2. The first-order valence-electron chi connectivity index (χ1n) is 14.2. The second kappa shape index (κ2) is 12.7. The highest BCUT2D eigenvalue weighted by Gasteiger charge is 2.22. The molecule has 0 bridgehead atoms. The maximum Gasteiger partial charge on any atom is 0.261 e. The summed E-state index contributed by atoms with van der Waals surface area (Å²) in [4.78, 5) is 13.3. The van der Waals surface area contributed by atoms with Crippen LogP contribution in [-0.2, 0) is 17.1 Å². The molecule has 0 spiro atoms.